The Labute approximate surface area is 172 Å². The molecule has 0 aliphatic carbocycles. The highest BCUT2D eigenvalue weighted by Gasteiger charge is 2.34. The van der Waals surface area contributed by atoms with E-state index in [-0.39, 0.29) is 24.2 Å². The van der Waals surface area contributed by atoms with Gasteiger partial charge in [0.15, 0.2) is 11.5 Å². The van der Waals surface area contributed by atoms with Crippen LogP contribution in [0.4, 0.5) is 0 Å². The molecule has 0 saturated carbocycles. The Morgan fingerprint density at radius 2 is 2.07 bits per heavy atom. The van der Waals surface area contributed by atoms with Gasteiger partial charge < -0.3 is 24.1 Å². The van der Waals surface area contributed by atoms with Crippen molar-refractivity contribution < 1.29 is 23.5 Å². The molecule has 2 heterocycles. The number of nitrogens with zero attached hydrogens (tertiary/aromatic N) is 1. The second-order valence-electron chi connectivity index (χ2n) is 6.59. The van der Waals surface area contributed by atoms with Crippen LogP contribution in [-0.4, -0.2) is 44.0 Å². The fraction of sp³-hybridized carbons (Fsp3) is 0.400. The Hall–Kier alpha value is -2.48. The number of amides is 2. The molecule has 0 radical (unpaired) electrons. The summed E-state index contributed by atoms with van der Waals surface area (Å²) >= 11 is 3.52. The minimum Gasteiger partial charge on any atom is -0.493 e. The van der Waals surface area contributed by atoms with Gasteiger partial charge in [0.25, 0.3) is 0 Å². The van der Waals surface area contributed by atoms with Gasteiger partial charge in [-0.05, 0) is 36.2 Å². The van der Waals surface area contributed by atoms with Gasteiger partial charge in [-0.3, -0.25) is 9.59 Å². The van der Waals surface area contributed by atoms with E-state index in [2.05, 4.69) is 21.2 Å². The maximum atomic E-state index is 12.5. The van der Waals surface area contributed by atoms with E-state index in [1.807, 2.05) is 18.2 Å². The van der Waals surface area contributed by atoms with E-state index in [0.717, 1.165) is 10.0 Å². The molecule has 2 amide bonds. The van der Waals surface area contributed by atoms with Gasteiger partial charge in [0.05, 0.1) is 32.9 Å². The number of benzene rings is 1. The van der Waals surface area contributed by atoms with Crippen molar-refractivity contribution in [1.29, 1.82) is 0 Å². The molecule has 1 fully saturated rings. The van der Waals surface area contributed by atoms with Crippen LogP contribution in [0.25, 0.3) is 0 Å². The van der Waals surface area contributed by atoms with Crippen LogP contribution in [0.2, 0.25) is 0 Å². The standard InChI is InChI=1S/C20H23BrN2O5/c1-26-17-8-13(16(21)10-18(17)27-2)5-6-22-20(25)14-9-19(24)23(11-14)12-15-4-3-7-28-15/h3-4,7-8,10,14H,5-6,9,11-12H2,1-2H3,(H,22,25). The van der Waals surface area contributed by atoms with E-state index in [1.54, 1.807) is 31.4 Å². The number of carbonyl (C=O) groups excluding carboxylic acids is 2. The number of furan rings is 1. The lowest BCUT2D eigenvalue weighted by molar-refractivity contribution is -0.129. The summed E-state index contributed by atoms with van der Waals surface area (Å²) in [5.74, 6) is 1.53. The molecule has 7 nitrogen and oxygen atoms in total. The summed E-state index contributed by atoms with van der Waals surface area (Å²) in [6.45, 7) is 1.27. The van der Waals surface area contributed by atoms with Crippen molar-refractivity contribution in [2.75, 3.05) is 27.3 Å². The molecule has 150 valence electrons. The largest absolute Gasteiger partial charge is 0.493 e. The minimum atomic E-state index is -0.337. The lowest BCUT2D eigenvalue weighted by Gasteiger charge is -2.15. The Balaban J connectivity index is 1.51. The van der Waals surface area contributed by atoms with E-state index in [0.29, 0.717) is 43.3 Å². The number of rotatable bonds is 8. The zero-order valence-electron chi connectivity index (χ0n) is 15.9. The summed E-state index contributed by atoms with van der Waals surface area (Å²) in [7, 11) is 3.17. The average Bonchev–Trinajstić information content (AvgIpc) is 3.33. The average molecular weight is 451 g/mol. The number of halogens is 1. The van der Waals surface area contributed by atoms with Crippen LogP contribution in [0.5, 0.6) is 11.5 Å². The van der Waals surface area contributed by atoms with Gasteiger partial charge >= 0.3 is 0 Å². The second-order valence-corrected chi connectivity index (χ2v) is 7.45. The van der Waals surface area contributed by atoms with Crippen molar-refractivity contribution in [3.8, 4) is 11.5 Å². The van der Waals surface area contributed by atoms with Crippen molar-refractivity contribution >= 4 is 27.7 Å². The summed E-state index contributed by atoms with van der Waals surface area (Å²) in [5, 5.41) is 2.93. The third-order valence-corrected chi connectivity index (χ3v) is 5.50. The maximum Gasteiger partial charge on any atom is 0.225 e. The number of hydrogen-bond acceptors (Lipinski definition) is 5. The Kier molecular flexibility index (Phi) is 6.61. The Bertz CT molecular complexity index is 837. The van der Waals surface area contributed by atoms with Crippen molar-refractivity contribution in [1.82, 2.24) is 10.2 Å². The highest BCUT2D eigenvalue weighted by molar-refractivity contribution is 9.10. The number of methoxy groups -OCH3 is 2. The number of likely N-dealkylation sites (tertiary alicyclic amines) is 1. The topological polar surface area (TPSA) is 81.0 Å². The summed E-state index contributed by atoms with van der Waals surface area (Å²) in [6.07, 6.45) is 2.43. The molecule has 1 N–H and O–H groups in total. The van der Waals surface area contributed by atoms with Crippen LogP contribution in [0.1, 0.15) is 17.7 Å². The maximum absolute atomic E-state index is 12.5. The smallest absolute Gasteiger partial charge is 0.225 e. The molecule has 0 bridgehead atoms. The van der Waals surface area contributed by atoms with Crippen LogP contribution in [0.15, 0.2) is 39.4 Å². The summed E-state index contributed by atoms with van der Waals surface area (Å²) in [5.41, 5.74) is 1.000. The molecule has 1 aliphatic rings. The highest BCUT2D eigenvalue weighted by atomic mass is 79.9. The Morgan fingerprint density at radius 3 is 2.75 bits per heavy atom. The molecule has 1 aliphatic heterocycles. The van der Waals surface area contributed by atoms with Crippen LogP contribution in [0.3, 0.4) is 0 Å². The zero-order valence-corrected chi connectivity index (χ0v) is 17.5. The van der Waals surface area contributed by atoms with Crippen molar-refractivity contribution in [2.24, 2.45) is 5.92 Å². The quantitative estimate of drug-likeness (QED) is 0.668. The van der Waals surface area contributed by atoms with E-state index >= 15 is 0 Å². The monoisotopic (exact) mass is 450 g/mol. The number of hydrogen-bond donors (Lipinski definition) is 1. The number of nitrogens with one attached hydrogen (secondary N) is 1. The SMILES string of the molecule is COc1cc(Br)c(CCNC(=O)C2CC(=O)N(Cc3ccco3)C2)cc1OC. The molecule has 28 heavy (non-hydrogen) atoms. The van der Waals surface area contributed by atoms with Crippen LogP contribution in [0, 0.1) is 5.92 Å². The highest BCUT2D eigenvalue weighted by Crippen LogP contribution is 2.33. The lowest BCUT2D eigenvalue weighted by atomic mass is 10.1. The molecule has 8 heteroatoms. The fourth-order valence-electron chi connectivity index (χ4n) is 3.24. The predicted octanol–water partition coefficient (Wildman–Crippen LogP) is 2.77. The van der Waals surface area contributed by atoms with Gasteiger partial charge in [-0.25, -0.2) is 0 Å². The van der Waals surface area contributed by atoms with Crippen LogP contribution < -0.4 is 14.8 Å². The van der Waals surface area contributed by atoms with Gasteiger partial charge in [0.1, 0.15) is 5.76 Å². The first kappa shape index (κ1) is 20.3. The summed E-state index contributed by atoms with van der Waals surface area (Å²) < 4.78 is 16.8. The van der Waals surface area contributed by atoms with Gasteiger partial charge in [0, 0.05) is 24.0 Å². The number of carbonyl (C=O) groups is 2. The van der Waals surface area contributed by atoms with Crippen molar-refractivity contribution in [3.05, 3.63) is 46.3 Å². The van der Waals surface area contributed by atoms with Gasteiger partial charge in [0.2, 0.25) is 11.8 Å². The molecule has 2 aromatic rings. The molecule has 1 saturated heterocycles. The van der Waals surface area contributed by atoms with Gasteiger partial charge in [-0.2, -0.15) is 0 Å². The third-order valence-electron chi connectivity index (χ3n) is 4.76. The van der Waals surface area contributed by atoms with Gasteiger partial charge in [-0.1, -0.05) is 15.9 Å². The Morgan fingerprint density at radius 1 is 1.32 bits per heavy atom. The molecular formula is C20H23BrN2O5. The lowest BCUT2D eigenvalue weighted by Crippen LogP contribution is -2.34. The first-order chi connectivity index (χ1) is 13.5. The molecule has 1 unspecified atom stereocenters. The second kappa shape index (κ2) is 9.14. The molecule has 1 aromatic heterocycles. The van der Waals surface area contributed by atoms with Crippen LogP contribution in [-0.2, 0) is 22.6 Å². The van der Waals surface area contributed by atoms with Crippen LogP contribution >= 0.6 is 15.9 Å². The third kappa shape index (κ3) is 4.67. The first-order valence-electron chi connectivity index (χ1n) is 9.00. The molecule has 0 spiro atoms. The minimum absolute atomic E-state index is 0.0285. The van der Waals surface area contributed by atoms with E-state index in [4.69, 9.17) is 13.9 Å². The van der Waals surface area contributed by atoms with Crippen molar-refractivity contribution in [3.63, 3.8) is 0 Å². The molecule has 1 aromatic carbocycles. The molecule has 1 atom stereocenters. The summed E-state index contributed by atoms with van der Waals surface area (Å²) in [6, 6.07) is 7.34. The number of ether oxygens (including phenoxy) is 2. The predicted molar refractivity (Wildman–Crippen MR) is 106 cm³/mol. The van der Waals surface area contributed by atoms with E-state index in [1.165, 1.54) is 0 Å². The summed E-state index contributed by atoms with van der Waals surface area (Å²) in [4.78, 5) is 26.3. The normalized spacial score (nSPS) is 16.3. The van der Waals surface area contributed by atoms with Crippen molar-refractivity contribution in [2.45, 2.75) is 19.4 Å². The first-order valence-corrected chi connectivity index (χ1v) is 9.79. The van der Waals surface area contributed by atoms with E-state index in [9.17, 15) is 9.59 Å². The van der Waals surface area contributed by atoms with Gasteiger partial charge in [-0.15, -0.1) is 0 Å². The molecular weight excluding hydrogens is 428 g/mol. The zero-order chi connectivity index (χ0) is 20.1. The molecule has 3 rings (SSSR count). The van der Waals surface area contributed by atoms with E-state index < -0.39 is 0 Å². The fourth-order valence-corrected chi connectivity index (χ4v) is 3.76.